The fourth-order valence-electron chi connectivity index (χ4n) is 6.15. The quantitative estimate of drug-likeness (QED) is 0.352. The normalized spacial score (nSPS) is 21.7. The Labute approximate surface area is 209 Å². The average Bonchev–Trinajstić information content (AvgIpc) is 2.85. The molecule has 6 nitrogen and oxygen atoms in total. The summed E-state index contributed by atoms with van der Waals surface area (Å²) in [5.41, 5.74) is 2.90. The van der Waals surface area contributed by atoms with Crippen molar-refractivity contribution < 1.29 is 9.47 Å². The van der Waals surface area contributed by atoms with Gasteiger partial charge in [0.2, 0.25) is 0 Å². The van der Waals surface area contributed by atoms with Crippen molar-refractivity contribution in [1.29, 1.82) is 0 Å². The number of allylic oxidation sites excluding steroid dienone is 2. The molecule has 0 unspecified atom stereocenters. The third kappa shape index (κ3) is 2.96. The van der Waals surface area contributed by atoms with Gasteiger partial charge in [0.1, 0.15) is 23.2 Å². The molecule has 4 aromatic rings. The SMILES string of the molecule is CC(C)=C[C@H]1c2c(c3ccccc3n(C)c2=O)O[C@H]2[C@H]1c1c(c3ccccc3n(C)c1=O)OC2(C)C. The molecule has 2 aromatic carbocycles. The fraction of sp³-hybridized carbons (Fsp3) is 0.333. The van der Waals surface area contributed by atoms with Crippen LogP contribution in [0.2, 0.25) is 0 Å². The Balaban J connectivity index is 1.77. The van der Waals surface area contributed by atoms with Gasteiger partial charge in [-0.25, -0.2) is 0 Å². The summed E-state index contributed by atoms with van der Waals surface area (Å²) in [6, 6.07) is 15.6. The summed E-state index contributed by atoms with van der Waals surface area (Å²) < 4.78 is 16.8. The van der Waals surface area contributed by atoms with Gasteiger partial charge in [-0.3, -0.25) is 9.59 Å². The molecule has 6 rings (SSSR count). The van der Waals surface area contributed by atoms with E-state index in [1.54, 1.807) is 23.2 Å². The molecule has 2 aliphatic heterocycles. The molecule has 0 amide bonds. The predicted molar refractivity (Wildman–Crippen MR) is 142 cm³/mol. The first kappa shape index (κ1) is 22.7. The number of nitrogens with zero attached hydrogens (tertiary/aromatic N) is 2. The van der Waals surface area contributed by atoms with E-state index >= 15 is 0 Å². The first-order valence-corrected chi connectivity index (χ1v) is 12.4. The molecule has 3 atom stereocenters. The van der Waals surface area contributed by atoms with Crippen molar-refractivity contribution in [3.8, 4) is 11.5 Å². The number of para-hydroxylation sites is 2. The third-order valence-electron chi connectivity index (χ3n) is 7.77. The molecule has 6 heteroatoms. The highest BCUT2D eigenvalue weighted by Gasteiger charge is 2.54. The third-order valence-corrected chi connectivity index (χ3v) is 7.77. The number of ether oxygens (including phenoxy) is 2. The molecule has 0 fully saturated rings. The van der Waals surface area contributed by atoms with Crippen molar-refractivity contribution in [3.63, 3.8) is 0 Å². The van der Waals surface area contributed by atoms with E-state index in [0.717, 1.165) is 27.4 Å². The van der Waals surface area contributed by atoms with Crippen LogP contribution in [-0.2, 0) is 14.1 Å². The van der Waals surface area contributed by atoms with Gasteiger partial charge in [0.05, 0.1) is 22.2 Å². The molecule has 184 valence electrons. The summed E-state index contributed by atoms with van der Waals surface area (Å²) in [4.78, 5) is 27.8. The van der Waals surface area contributed by atoms with E-state index in [2.05, 4.69) is 6.08 Å². The first-order valence-electron chi connectivity index (χ1n) is 12.4. The molecule has 0 saturated carbocycles. The van der Waals surface area contributed by atoms with Crippen molar-refractivity contribution in [2.75, 3.05) is 0 Å². The van der Waals surface area contributed by atoms with E-state index in [1.165, 1.54) is 0 Å². The Morgan fingerprint density at radius 1 is 0.833 bits per heavy atom. The van der Waals surface area contributed by atoms with Crippen molar-refractivity contribution in [1.82, 2.24) is 9.13 Å². The Morgan fingerprint density at radius 2 is 1.36 bits per heavy atom. The lowest BCUT2D eigenvalue weighted by Gasteiger charge is -2.49. The molecule has 2 aliphatic rings. The highest BCUT2D eigenvalue weighted by atomic mass is 16.6. The minimum absolute atomic E-state index is 0.104. The summed E-state index contributed by atoms with van der Waals surface area (Å²) in [5.74, 6) is 0.457. The maximum atomic E-state index is 13.9. The second-order valence-electron chi connectivity index (χ2n) is 10.8. The van der Waals surface area contributed by atoms with Crippen LogP contribution in [0.1, 0.15) is 50.7 Å². The Kier molecular flexibility index (Phi) is 4.78. The van der Waals surface area contributed by atoms with E-state index in [-0.39, 0.29) is 23.0 Å². The van der Waals surface area contributed by atoms with Crippen molar-refractivity contribution >= 4 is 21.8 Å². The number of aromatic nitrogens is 2. The van der Waals surface area contributed by atoms with Crippen molar-refractivity contribution in [2.45, 2.75) is 51.2 Å². The lowest BCUT2D eigenvalue weighted by molar-refractivity contribution is -0.0528. The van der Waals surface area contributed by atoms with Crippen LogP contribution in [0.15, 0.2) is 69.8 Å². The highest BCUT2D eigenvalue weighted by molar-refractivity contribution is 5.89. The second kappa shape index (κ2) is 7.60. The Hall–Kier alpha value is -3.80. The van der Waals surface area contributed by atoms with Gasteiger partial charge in [-0.1, -0.05) is 35.9 Å². The molecule has 36 heavy (non-hydrogen) atoms. The van der Waals surface area contributed by atoms with Gasteiger partial charge in [-0.2, -0.15) is 0 Å². The van der Waals surface area contributed by atoms with Crippen LogP contribution < -0.4 is 20.6 Å². The molecule has 0 saturated heterocycles. The molecule has 2 aromatic heterocycles. The summed E-state index contributed by atoms with van der Waals surface area (Å²) in [6.07, 6.45) is 1.65. The topological polar surface area (TPSA) is 62.5 Å². The standard InChI is InChI=1S/C30H30N2O4/c1-16(2)15-19-22-24-26(18-12-8-10-14-21(18)32(6)29(24)34)36-30(3,4)27(22)35-25-17-11-7-9-13-20(17)31(5)28(33)23(19)25/h7-15,19,22,27H,1-6H3/t19-,22-,27+/m1/s1. The van der Waals surface area contributed by atoms with E-state index in [0.29, 0.717) is 22.6 Å². The molecule has 0 radical (unpaired) electrons. The summed E-state index contributed by atoms with van der Waals surface area (Å²) in [7, 11) is 3.59. The first-order chi connectivity index (χ1) is 17.1. The number of benzene rings is 2. The number of pyridine rings is 2. The average molecular weight is 483 g/mol. The van der Waals surface area contributed by atoms with Crippen molar-refractivity contribution in [2.24, 2.45) is 14.1 Å². The van der Waals surface area contributed by atoms with Gasteiger partial charge in [0.15, 0.2) is 0 Å². The van der Waals surface area contributed by atoms with Gasteiger partial charge in [-0.15, -0.1) is 0 Å². The molecule has 0 spiro atoms. The van der Waals surface area contributed by atoms with Crippen LogP contribution in [0.4, 0.5) is 0 Å². The number of hydrogen-bond acceptors (Lipinski definition) is 4. The zero-order valence-corrected chi connectivity index (χ0v) is 21.5. The highest BCUT2D eigenvalue weighted by Crippen LogP contribution is 2.55. The van der Waals surface area contributed by atoms with Crippen LogP contribution in [0.25, 0.3) is 21.8 Å². The number of aryl methyl sites for hydroxylation is 2. The number of hydrogen-bond donors (Lipinski definition) is 0. The maximum absolute atomic E-state index is 13.9. The monoisotopic (exact) mass is 482 g/mol. The molecule has 0 aliphatic carbocycles. The number of fused-ring (bicyclic) bond motifs is 8. The van der Waals surface area contributed by atoms with Gasteiger partial charge < -0.3 is 18.6 Å². The Morgan fingerprint density at radius 3 is 1.94 bits per heavy atom. The molecule has 4 heterocycles. The van der Waals surface area contributed by atoms with E-state index in [9.17, 15) is 9.59 Å². The fourth-order valence-corrected chi connectivity index (χ4v) is 6.15. The largest absolute Gasteiger partial charge is 0.484 e. The van der Waals surface area contributed by atoms with Gasteiger partial charge in [0.25, 0.3) is 11.1 Å². The lowest BCUT2D eigenvalue weighted by Crippen LogP contribution is -2.57. The molecule has 0 bridgehead atoms. The van der Waals surface area contributed by atoms with Crippen LogP contribution in [-0.4, -0.2) is 20.8 Å². The lowest BCUT2D eigenvalue weighted by atomic mass is 9.69. The Bertz CT molecular complexity index is 1720. The summed E-state index contributed by atoms with van der Waals surface area (Å²) >= 11 is 0. The number of rotatable bonds is 1. The zero-order valence-electron chi connectivity index (χ0n) is 21.5. The van der Waals surface area contributed by atoms with Crippen LogP contribution in [0, 0.1) is 0 Å². The van der Waals surface area contributed by atoms with Crippen LogP contribution in [0.3, 0.4) is 0 Å². The van der Waals surface area contributed by atoms with E-state index in [4.69, 9.17) is 9.47 Å². The van der Waals surface area contributed by atoms with Crippen LogP contribution in [0.5, 0.6) is 11.5 Å². The summed E-state index contributed by atoms with van der Waals surface area (Å²) in [6.45, 7) is 8.07. The van der Waals surface area contributed by atoms with E-state index in [1.807, 2.05) is 76.2 Å². The molecular formula is C30H30N2O4. The van der Waals surface area contributed by atoms with Gasteiger partial charge in [-0.05, 0) is 52.0 Å². The van der Waals surface area contributed by atoms with Gasteiger partial charge in [0, 0.05) is 36.7 Å². The van der Waals surface area contributed by atoms with Crippen LogP contribution >= 0.6 is 0 Å². The maximum Gasteiger partial charge on any atom is 0.258 e. The van der Waals surface area contributed by atoms with E-state index < -0.39 is 11.7 Å². The van der Waals surface area contributed by atoms with Crippen molar-refractivity contribution in [3.05, 3.63) is 92.0 Å². The smallest absolute Gasteiger partial charge is 0.258 e. The minimum Gasteiger partial charge on any atom is -0.484 e. The second-order valence-corrected chi connectivity index (χ2v) is 10.8. The molecule has 0 N–H and O–H groups in total. The predicted octanol–water partition coefficient (Wildman–Crippen LogP) is 5.16. The summed E-state index contributed by atoms with van der Waals surface area (Å²) in [5, 5.41) is 1.77. The minimum atomic E-state index is -0.750. The molecular weight excluding hydrogens is 452 g/mol. The van der Waals surface area contributed by atoms with Gasteiger partial charge >= 0.3 is 0 Å². The zero-order chi connectivity index (χ0) is 25.5.